The molecule has 1 heterocycles. The molecule has 1 atom stereocenters. The molecule has 0 unspecified atom stereocenters. The first-order valence-corrected chi connectivity index (χ1v) is 7.51. The van der Waals surface area contributed by atoms with E-state index in [-0.39, 0.29) is 6.04 Å². The van der Waals surface area contributed by atoms with Gasteiger partial charge in [0.25, 0.3) is 0 Å². The molecule has 4 heteroatoms. The Morgan fingerprint density at radius 2 is 1.90 bits per heavy atom. The smallest absolute Gasteiger partial charge is 0.219 e. The minimum absolute atomic E-state index is 0.0287. The Morgan fingerprint density at radius 3 is 2.62 bits per heavy atom. The molecule has 1 aromatic heterocycles. The van der Waals surface area contributed by atoms with E-state index in [0.29, 0.717) is 5.88 Å². The van der Waals surface area contributed by atoms with E-state index in [1.807, 2.05) is 43.3 Å². The predicted octanol–water partition coefficient (Wildman–Crippen LogP) is 4.81. The molecule has 3 nitrogen and oxygen atoms in total. The van der Waals surface area contributed by atoms with Crippen molar-refractivity contribution in [3.8, 4) is 11.6 Å². The standard InChI is InChI=1S/C17H15BrN2O/c1-11(19)13-7-9-16(20-10-13)21-15-8-6-12-4-2-3-5-14(12)17(15)18/h2-11H,19H2,1H3/t11-/m0/s1. The third-order valence-electron chi connectivity index (χ3n) is 3.33. The first kappa shape index (κ1) is 14.0. The van der Waals surface area contributed by atoms with Gasteiger partial charge in [-0.15, -0.1) is 0 Å². The molecule has 3 aromatic rings. The minimum atomic E-state index is -0.0287. The van der Waals surface area contributed by atoms with Gasteiger partial charge in [-0.3, -0.25) is 0 Å². The summed E-state index contributed by atoms with van der Waals surface area (Å²) in [5, 5.41) is 2.28. The van der Waals surface area contributed by atoms with Crippen LogP contribution in [0.3, 0.4) is 0 Å². The Bertz CT molecular complexity index is 769. The van der Waals surface area contributed by atoms with Crippen molar-refractivity contribution < 1.29 is 4.74 Å². The number of benzene rings is 2. The monoisotopic (exact) mass is 342 g/mol. The van der Waals surface area contributed by atoms with Crippen LogP contribution < -0.4 is 10.5 Å². The second kappa shape index (κ2) is 5.84. The Balaban J connectivity index is 1.92. The minimum Gasteiger partial charge on any atom is -0.438 e. The summed E-state index contributed by atoms with van der Waals surface area (Å²) in [4.78, 5) is 4.29. The van der Waals surface area contributed by atoms with Crippen LogP contribution in [0.2, 0.25) is 0 Å². The molecule has 0 radical (unpaired) electrons. The van der Waals surface area contributed by atoms with Gasteiger partial charge in [-0.2, -0.15) is 0 Å². The molecule has 0 saturated heterocycles. The van der Waals surface area contributed by atoms with Gasteiger partial charge in [-0.1, -0.05) is 36.4 Å². The highest BCUT2D eigenvalue weighted by Gasteiger charge is 2.08. The van der Waals surface area contributed by atoms with Crippen LogP contribution in [0.5, 0.6) is 11.6 Å². The molecule has 0 aliphatic rings. The molecule has 0 bridgehead atoms. The molecule has 3 rings (SSSR count). The second-order valence-electron chi connectivity index (χ2n) is 4.92. The molecule has 106 valence electrons. The molecule has 2 N–H and O–H groups in total. The third-order valence-corrected chi connectivity index (χ3v) is 4.15. The van der Waals surface area contributed by atoms with Gasteiger partial charge in [-0.25, -0.2) is 4.98 Å². The SMILES string of the molecule is C[C@H](N)c1ccc(Oc2ccc3ccccc3c2Br)nc1. The van der Waals surface area contributed by atoms with Gasteiger partial charge in [0.15, 0.2) is 0 Å². The molecule has 2 aromatic carbocycles. The number of pyridine rings is 1. The average Bonchev–Trinajstić information content (AvgIpc) is 2.51. The molecular formula is C17H15BrN2O. The fourth-order valence-corrected chi connectivity index (χ4v) is 2.70. The van der Waals surface area contributed by atoms with E-state index >= 15 is 0 Å². The zero-order valence-electron chi connectivity index (χ0n) is 11.6. The van der Waals surface area contributed by atoms with E-state index in [4.69, 9.17) is 10.5 Å². The van der Waals surface area contributed by atoms with Crippen LogP contribution in [0.1, 0.15) is 18.5 Å². The van der Waals surface area contributed by atoms with Crippen molar-refractivity contribution >= 4 is 26.7 Å². The fraction of sp³-hybridized carbons (Fsp3) is 0.118. The summed E-state index contributed by atoms with van der Waals surface area (Å²) in [7, 11) is 0. The van der Waals surface area contributed by atoms with Crippen LogP contribution in [0, 0.1) is 0 Å². The van der Waals surface area contributed by atoms with Crippen molar-refractivity contribution in [3.05, 3.63) is 64.8 Å². The number of aromatic nitrogens is 1. The van der Waals surface area contributed by atoms with E-state index in [0.717, 1.165) is 26.6 Å². The average molecular weight is 343 g/mol. The van der Waals surface area contributed by atoms with Crippen molar-refractivity contribution in [1.29, 1.82) is 0 Å². The van der Waals surface area contributed by atoms with Crippen molar-refractivity contribution in [1.82, 2.24) is 4.98 Å². The highest BCUT2D eigenvalue weighted by Crippen LogP contribution is 2.35. The maximum absolute atomic E-state index is 5.85. The topological polar surface area (TPSA) is 48.1 Å². The number of nitrogens with two attached hydrogens (primary N) is 1. The van der Waals surface area contributed by atoms with Crippen LogP contribution in [-0.4, -0.2) is 4.98 Å². The summed E-state index contributed by atoms with van der Waals surface area (Å²) in [5.41, 5.74) is 6.80. The van der Waals surface area contributed by atoms with Crippen molar-refractivity contribution in [3.63, 3.8) is 0 Å². The number of rotatable bonds is 3. The first-order chi connectivity index (χ1) is 10.1. The van der Waals surface area contributed by atoms with Crippen LogP contribution in [0.4, 0.5) is 0 Å². The molecule has 0 fully saturated rings. The normalized spacial score (nSPS) is 12.3. The van der Waals surface area contributed by atoms with Crippen molar-refractivity contribution in [2.75, 3.05) is 0 Å². The van der Waals surface area contributed by atoms with E-state index in [1.165, 1.54) is 0 Å². The molecule has 0 aliphatic carbocycles. The quantitative estimate of drug-likeness (QED) is 0.742. The summed E-state index contributed by atoms with van der Waals surface area (Å²) >= 11 is 3.60. The number of nitrogens with zero attached hydrogens (tertiary/aromatic N) is 1. The lowest BCUT2D eigenvalue weighted by molar-refractivity contribution is 0.460. The predicted molar refractivity (Wildman–Crippen MR) is 88.6 cm³/mol. The van der Waals surface area contributed by atoms with E-state index < -0.39 is 0 Å². The number of hydrogen-bond donors (Lipinski definition) is 1. The Morgan fingerprint density at radius 1 is 1.10 bits per heavy atom. The zero-order valence-corrected chi connectivity index (χ0v) is 13.2. The second-order valence-corrected chi connectivity index (χ2v) is 5.71. The van der Waals surface area contributed by atoms with E-state index in [9.17, 15) is 0 Å². The lowest BCUT2D eigenvalue weighted by atomic mass is 10.1. The van der Waals surface area contributed by atoms with Crippen LogP contribution in [0.25, 0.3) is 10.8 Å². The highest BCUT2D eigenvalue weighted by atomic mass is 79.9. The Kier molecular flexibility index (Phi) is 3.90. The summed E-state index contributed by atoms with van der Waals surface area (Å²) in [6.07, 6.45) is 1.74. The van der Waals surface area contributed by atoms with Crippen molar-refractivity contribution in [2.24, 2.45) is 5.73 Å². The van der Waals surface area contributed by atoms with Gasteiger partial charge in [-0.05, 0) is 45.3 Å². The van der Waals surface area contributed by atoms with Crippen LogP contribution in [0.15, 0.2) is 59.2 Å². The summed E-state index contributed by atoms with van der Waals surface area (Å²) in [6, 6.07) is 15.9. The largest absolute Gasteiger partial charge is 0.438 e. The summed E-state index contributed by atoms with van der Waals surface area (Å²) in [5.74, 6) is 1.30. The van der Waals surface area contributed by atoms with Gasteiger partial charge < -0.3 is 10.5 Å². The molecular weight excluding hydrogens is 328 g/mol. The molecule has 0 spiro atoms. The maximum atomic E-state index is 5.85. The van der Waals surface area contributed by atoms with E-state index in [1.54, 1.807) is 6.20 Å². The molecule has 21 heavy (non-hydrogen) atoms. The summed E-state index contributed by atoms with van der Waals surface area (Å²) in [6.45, 7) is 1.93. The zero-order chi connectivity index (χ0) is 14.8. The summed E-state index contributed by atoms with van der Waals surface area (Å²) < 4.78 is 6.78. The van der Waals surface area contributed by atoms with Gasteiger partial charge in [0.2, 0.25) is 5.88 Å². The maximum Gasteiger partial charge on any atom is 0.219 e. The van der Waals surface area contributed by atoms with Gasteiger partial charge in [0.1, 0.15) is 5.75 Å². The van der Waals surface area contributed by atoms with Crippen LogP contribution >= 0.6 is 15.9 Å². The lowest BCUT2D eigenvalue weighted by Gasteiger charge is -2.10. The van der Waals surface area contributed by atoms with Gasteiger partial charge in [0.05, 0.1) is 4.47 Å². The van der Waals surface area contributed by atoms with Crippen molar-refractivity contribution in [2.45, 2.75) is 13.0 Å². The number of ether oxygens (including phenoxy) is 1. The molecule has 0 amide bonds. The van der Waals surface area contributed by atoms with Gasteiger partial charge in [0, 0.05) is 18.3 Å². The Labute approximate surface area is 131 Å². The fourth-order valence-electron chi connectivity index (χ4n) is 2.13. The number of fused-ring (bicyclic) bond motifs is 1. The van der Waals surface area contributed by atoms with Crippen LogP contribution in [-0.2, 0) is 0 Å². The lowest BCUT2D eigenvalue weighted by Crippen LogP contribution is -2.05. The molecule has 0 saturated carbocycles. The van der Waals surface area contributed by atoms with E-state index in [2.05, 4.69) is 33.0 Å². The Hall–Kier alpha value is -1.91. The molecule has 0 aliphatic heterocycles. The number of halogens is 1. The third kappa shape index (κ3) is 2.91. The first-order valence-electron chi connectivity index (χ1n) is 6.72. The highest BCUT2D eigenvalue weighted by molar-refractivity contribution is 9.10. The number of hydrogen-bond acceptors (Lipinski definition) is 3. The van der Waals surface area contributed by atoms with Gasteiger partial charge >= 0.3 is 0 Å².